The van der Waals surface area contributed by atoms with Gasteiger partial charge in [0.25, 0.3) is 0 Å². The first-order chi connectivity index (χ1) is 18.1. The SMILES string of the molecule is CC[C@H](C)[C@H](CO)N1C(=O)[C@@H]2[C@@H](C(=O)Nc3ccccc3)[C@@]3(C)CCC2(O3)C1C(=O)Nc1ccc(Cl)cc1. The Morgan fingerprint density at radius 3 is 2.34 bits per heavy atom. The van der Waals surface area contributed by atoms with Gasteiger partial charge in [0.15, 0.2) is 0 Å². The number of fused-ring (bicyclic) bond motifs is 1. The van der Waals surface area contributed by atoms with E-state index in [1.165, 1.54) is 4.90 Å². The highest BCUT2D eigenvalue weighted by Gasteiger charge is 2.78. The quantitative estimate of drug-likeness (QED) is 0.468. The summed E-state index contributed by atoms with van der Waals surface area (Å²) in [7, 11) is 0. The number of hydrogen-bond donors (Lipinski definition) is 3. The van der Waals surface area contributed by atoms with Crippen LogP contribution in [-0.2, 0) is 19.1 Å². The average molecular weight is 540 g/mol. The van der Waals surface area contributed by atoms with Crippen molar-refractivity contribution in [1.29, 1.82) is 0 Å². The third-order valence-corrected chi connectivity index (χ3v) is 9.00. The zero-order valence-corrected chi connectivity index (χ0v) is 22.6. The molecule has 2 bridgehead atoms. The topological polar surface area (TPSA) is 108 Å². The van der Waals surface area contributed by atoms with Crippen molar-refractivity contribution >= 4 is 40.7 Å². The van der Waals surface area contributed by atoms with E-state index in [4.69, 9.17) is 16.3 Å². The first-order valence-electron chi connectivity index (χ1n) is 13.2. The van der Waals surface area contributed by atoms with Crippen LogP contribution in [0, 0.1) is 17.8 Å². The van der Waals surface area contributed by atoms with Crippen LogP contribution in [0.3, 0.4) is 0 Å². The molecule has 9 heteroatoms. The van der Waals surface area contributed by atoms with E-state index in [-0.39, 0.29) is 24.3 Å². The number of nitrogens with zero attached hydrogens (tertiary/aromatic N) is 1. The Morgan fingerprint density at radius 1 is 1.08 bits per heavy atom. The van der Waals surface area contributed by atoms with E-state index in [0.717, 1.165) is 0 Å². The molecule has 3 N–H and O–H groups in total. The third-order valence-electron chi connectivity index (χ3n) is 8.74. The van der Waals surface area contributed by atoms with Gasteiger partial charge in [-0.25, -0.2) is 0 Å². The van der Waals surface area contributed by atoms with Crippen LogP contribution in [0.25, 0.3) is 0 Å². The standard InChI is InChI=1S/C29H34ClN3O5/c1-4-17(2)21(16-34)33-24(26(36)32-20-12-10-18(30)11-13-20)29-15-14-28(3,38-29)22(23(29)27(33)37)25(35)31-19-8-6-5-7-9-19/h5-13,17,21-24,34H,4,14-16H2,1-3H3,(H,31,35)(H,32,36)/t17-,21-,22-,23-,24?,28+,29?/m0/s1. The van der Waals surface area contributed by atoms with E-state index in [0.29, 0.717) is 35.7 Å². The zero-order chi connectivity index (χ0) is 27.2. The zero-order valence-electron chi connectivity index (χ0n) is 21.8. The highest BCUT2D eigenvalue weighted by molar-refractivity contribution is 6.30. The largest absolute Gasteiger partial charge is 0.394 e. The fraction of sp³-hybridized carbons (Fsp3) is 0.483. The van der Waals surface area contributed by atoms with Gasteiger partial charge in [-0.1, -0.05) is 50.1 Å². The number of ether oxygens (including phenoxy) is 1. The second kappa shape index (κ2) is 9.98. The number of likely N-dealkylation sites (tertiary alicyclic amines) is 1. The molecule has 2 aromatic carbocycles. The van der Waals surface area contributed by atoms with Crippen molar-refractivity contribution in [2.24, 2.45) is 17.8 Å². The summed E-state index contributed by atoms with van der Waals surface area (Å²) in [6.45, 7) is 5.49. The van der Waals surface area contributed by atoms with Gasteiger partial charge < -0.3 is 25.4 Å². The number of nitrogens with one attached hydrogen (secondary N) is 2. The Kier molecular flexibility index (Phi) is 7.00. The molecule has 0 radical (unpaired) electrons. The lowest BCUT2D eigenvalue weighted by Gasteiger charge is -2.39. The second-order valence-corrected chi connectivity index (χ2v) is 11.4. The van der Waals surface area contributed by atoms with Crippen molar-refractivity contribution in [3.8, 4) is 0 Å². The highest BCUT2D eigenvalue weighted by Crippen LogP contribution is 2.63. The molecule has 0 saturated carbocycles. The predicted octanol–water partition coefficient (Wildman–Crippen LogP) is 4.09. The van der Waals surface area contributed by atoms with Crippen LogP contribution in [0.15, 0.2) is 54.6 Å². The van der Waals surface area contributed by atoms with Gasteiger partial charge in [-0.3, -0.25) is 14.4 Å². The summed E-state index contributed by atoms with van der Waals surface area (Å²) < 4.78 is 6.66. The van der Waals surface area contributed by atoms with E-state index in [1.807, 2.05) is 39.0 Å². The molecule has 7 atom stereocenters. The van der Waals surface area contributed by atoms with E-state index in [1.54, 1.807) is 36.4 Å². The molecule has 0 aromatic heterocycles. The van der Waals surface area contributed by atoms with Gasteiger partial charge in [-0.15, -0.1) is 0 Å². The maximum Gasteiger partial charge on any atom is 0.250 e. The molecule has 3 amide bonds. The number of hydrogen-bond acceptors (Lipinski definition) is 5. The lowest BCUT2D eigenvalue weighted by atomic mass is 9.66. The van der Waals surface area contributed by atoms with Crippen molar-refractivity contribution in [2.75, 3.05) is 17.2 Å². The molecule has 202 valence electrons. The Morgan fingerprint density at radius 2 is 1.71 bits per heavy atom. The van der Waals surface area contributed by atoms with Gasteiger partial charge in [0.2, 0.25) is 17.7 Å². The number of aliphatic hydroxyl groups is 1. The minimum absolute atomic E-state index is 0.0746. The Labute approximate surface area is 227 Å². The monoisotopic (exact) mass is 539 g/mol. The van der Waals surface area contributed by atoms with Crippen molar-refractivity contribution in [3.63, 3.8) is 0 Å². The number of carbonyl (C=O) groups is 3. The number of anilines is 2. The normalized spacial score (nSPS) is 31.1. The maximum atomic E-state index is 14.3. The lowest BCUT2D eigenvalue weighted by Crippen LogP contribution is -2.57. The first-order valence-corrected chi connectivity index (χ1v) is 13.6. The van der Waals surface area contributed by atoms with Crippen LogP contribution in [0.4, 0.5) is 11.4 Å². The molecule has 3 saturated heterocycles. The van der Waals surface area contributed by atoms with Crippen LogP contribution in [0.5, 0.6) is 0 Å². The van der Waals surface area contributed by atoms with Crippen molar-refractivity contribution < 1.29 is 24.2 Å². The number of aliphatic hydroxyl groups excluding tert-OH is 1. The molecular formula is C29H34ClN3O5. The smallest absolute Gasteiger partial charge is 0.250 e. The predicted molar refractivity (Wildman–Crippen MR) is 145 cm³/mol. The van der Waals surface area contributed by atoms with E-state index >= 15 is 0 Å². The molecule has 3 aliphatic rings. The molecule has 2 unspecified atom stereocenters. The third kappa shape index (κ3) is 4.19. The summed E-state index contributed by atoms with van der Waals surface area (Å²) in [5.41, 5.74) is -0.908. The Bertz CT molecular complexity index is 1220. The fourth-order valence-electron chi connectivity index (χ4n) is 6.72. The van der Waals surface area contributed by atoms with E-state index in [2.05, 4.69) is 10.6 Å². The Balaban J connectivity index is 1.55. The highest BCUT2D eigenvalue weighted by atomic mass is 35.5. The molecule has 2 aromatic rings. The number of halogens is 1. The van der Waals surface area contributed by atoms with Crippen LogP contribution >= 0.6 is 11.6 Å². The van der Waals surface area contributed by atoms with Gasteiger partial charge in [-0.05, 0) is 62.1 Å². The van der Waals surface area contributed by atoms with Crippen LogP contribution in [0.2, 0.25) is 5.02 Å². The number of benzene rings is 2. The van der Waals surface area contributed by atoms with Crippen molar-refractivity contribution in [2.45, 2.75) is 63.3 Å². The second-order valence-electron chi connectivity index (χ2n) is 11.0. The molecule has 38 heavy (non-hydrogen) atoms. The van der Waals surface area contributed by atoms with Crippen molar-refractivity contribution in [1.82, 2.24) is 4.90 Å². The van der Waals surface area contributed by atoms with Gasteiger partial charge in [0.05, 0.1) is 30.1 Å². The number of para-hydroxylation sites is 1. The maximum absolute atomic E-state index is 14.3. The van der Waals surface area contributed by atoms with Gasteiger partial charge in [0, 0.05) is 16.4 Å². The summed E-state index contributed by atoms with van der Waals surface area (Å²) in [4.78, 5) is 43.5. The number of carbonyl (C=O) groups excluding carboxylic acids is 3. The van der Waals surface area contributed by atoms with Gasteiger partial charge >= 0.3 is 0 Å². The summed E-state index contributed by atoms with van der Waals surface area (Å²) >= 11 is 6.02. The summed E-state index contributed by atoms with van der Waals surface area (Å²) in [5, 5.41) is 16.8. The Hall–Kier alpha value is -2.94. The van der Waals surface area contributed by atoms with Crippen LogP contribution in [-0.4, -0.2) is 57.6 Å². The summed E-state index contributed by atoms with van der Waals surface area (Å²) in [5.74, 6) is -2.73. The van der Waals surface area contributed by atoms with Crippen LogP contribution in [0.1, 0.15) is 40.0 Å². The summed E-state index contributed by atoms with van der Waals surface area (Å²) in [6.07, 6.45) is 1.70. The van der Waals surface area contributed by atoms with Crippen molar-refractivity contribution in [3.05, 3.63) is 59.6 Å². The lowest BCUT2D eigenvalue weighted by molar-refractivity contribution is -0.148. The fourth-order valence-corrected chi connectivity index (χ4v) is 6.85. The van der Waals surface area contributed by atoms with E-state index in [9.17, 15) is 19.5 Å². The molecule has 0 aliphatic carbocycles. The molecule has 1 spiro atoms. The molecule has 3 heterocycles. The first kappa shape index (κ1) is 26.7. The molecule has 3 fully saturated rings. The minimum Gasteiger partial charge on any atom is -0.394 e. The van der Waals surface area contributed by atoms with Gasteiger partial charge in [0.1, 0.15) is 11.6 Å². The average Bonchev–Trinajstić information content (AvgIpc) is 3.47. The molecule has 8 nitrogen and oxygen atoms in total. The van der Waals surface area contributed by atoms with Gasteiger partial charge in [-0.2, -0.15) is 0 Å². The number of amides is 3. The summed E-state index contributed by atoms with van der Waals surface area (Å²) in [6, 6.07) is 14.2. The van der Waals surface area contributed by atoms with Crippen LogP contribution < -0.4 is 10.6 Å². The number of rotatable bonds is 8. The minimum atomic E-state index is -1.18. The molecule has 3 aliphatic heterocycles. The molecular weight excluding hydrogens is 506 g/mol. The van der Waals surface area contributed by atoms with E-state index < -0.39 is 41.0 Å². The molecule has 5 rings (SSSR count).